The number of piperidine rings is 1. The van der Waals surface area contributed by atoms with Crippen LogP contribution in [-0.4, -0.2) is 66.6 Å². The molecule has 1 spiro atoms. The summed E-state index contributed by atoms with van der Waals surface area (Å²) in [4.78, 5) is 5.15. The molecule has 0 aliphatic carbocycles. The molecule has 130 valence electrons. The number of hydrogen-bond acceptors (Lipinski definition) is 6. The fourth-order valence-corrected chi connectivity index (χ4v) is 4.45. The number of aromatic nitrogens is 2. The van der Waals surface area contributed by atoms with Crippen LogP contribution < -0.4 is 0 Å². The van der Waals surface area contributed by atoms with Crippen LogP contribution in [0.15, 0.2) is 22.8 Å². The van der Waals surface area contributed by atoms with Gasteiger partial charge in [0.1, 0.15) is 11.0 Å². The molecule has 2 aliphatic heterocycles. The van der Waals surface area contributed by atoms with Crippen LogP contribution in [0.2, 0.25) is 0 Å². The summed E-state index contributed by atoms with van der Waals surface area (Å²) in [5.41, 5.74) is 3.44. The van der Waals surface area contributed by atoms with Gasteiger partial charge in [-0.05, 0) is 59.7 Å². The van der Waals surface area contributed by atoms with Crippen molar-refractivity contribution in [2.75, 3.05) is 46.4 Å². The van der Waals surface area contributed by atoms with E-state index < -0.39 is 0 Å². The molecule has 24 heavy (non-hydrogen) atoms. The van der Waals surface area contributed by atoms with Crippen molar-refractivity contribution >= 4 is 11.0 Å². The molecule has 3 heterocycles. The van der Waals surface area contributed by atoms with E-state index in [1.807, 2.05) is 12.1 Å². The predicted molar refractivity (Wildman–Crippen MR) is 91.7 cm³/mol. The maximum atomic E-state index is 5.26. The van der Waals surface area contributed by atoms with Crippen molar-refractivity contribution in [1.29, 1.82) is 0 Å². The zero-order valence-electron chi connectivity index (χ0n) is 14.4. The van der Waals surface area contributed by atoms with Gasteiger partial charge in [0.15, 0.2) is 0 Å². The predicted octanol–water partition coefficient (Wildman–Crippen LogP) is 2.16. The lowest BCUT2D eigenvalue weighted by Crippen LogP contribution is -2.45. The first-order chi connectivity index (χ1) is 11.8. The highest BCUT2D eigenvalue weighted by atomic mass is 16.6. The number of fused-ring (bicyclic) bond motifs is 1. The highest BCUT2D eigenvalue weighted by Gasteiger charge is 2.41. The molecule has 0 amide bonds. The van der Waals surface area contributed by atoms with Gasteiger partial charge in [0, 0.05) is 33.3 Å². The fourth-order valence-electron chi connectivity index (χ4n) is 4.45. The molecule has 0 N–H and O–H groups in total. The maximum Gasteiger partial charge on any atom is 0.139 e. The largest absolute Gasteiger partial charge is 0.383 e. The Balaban J connectivity index is 1.42. The average molecular weight is 330 g/mol. The van der Waals surface area contributed by atoms with E-state index in [4.69, 9.17) is 9.37 Å². The van der Waals surface area contributed by atoms with Crippen LogP contribution in [-0.2, 0) is 11.3 Å². The number of hydrogen-bond donors (Lipinski definition) is 0. The molecule has 1 atom stereocenters. The topological polar surface area (TPSA) is 54.6 Å². The van der Waals surface area contributed by atoms with Gasteiger partial charge in [-0.15, -0.1) is 0 Å². The Kier molecular flexibility index (Phi) is 4.52. The lowest BCUT2D eigenvalue weighted by atomic mass is 9.79. The van der Waals surface area contributed by atoms with Gasteiger partial charge in [0.05, 0.1) is 6.61 Å². The highest BCUT2D eigenvalue weighted by Crippen LogP contribution is 2.39. The molecule has 0 unspecified atom stereocenters. The molecule has 2 aromatic rings. The third kappa shape index (κ3) is 3.18. The molecule has 2 fully saturated rings. The summed E-state index contributed by atoms with van der Waals surface area (Å²) >= 11 is 0. The van der Waals surface area contributed by atoms with Crippen molar-refractivity contribution in [3.8, 4) is 0 Å². The van der Waals surface area contributed by atoms with Crippen LogP contribution in [0, 0.1) is 5.41 Å². The van der Waals surface area contributed by atoms with Gasteiger partial charge in [-0.2, -0.15) is 0 Å². The van der Waals surface area contributed by atoms with E-state index in [2.05, 4.69) is 26.2 Å². The Labute approximate surface area is 142 Å². The number of likely N-dealkylation sites (tertiary alicyclic amines) is 2. The first-order valence-electron chi connectivity index (χ1n) is 8.92. The standard InChI is InChI=1S/C18H26N4O2/c1-23-11-10-21-8-3-6-18(13-21)7-9-22(14-18)12-15-4-2-5-16-17(15)20-24-19-16/h2,4-5H,3,6-14H2,1H3/t18-/m1/s1. The van der Waals surface area contributed by atoms with E-state index in [1.165, 1.54) is 51.0 Å². The van der Waals surface area contributed by atoms with Crippen LogP contribution in [0.25, 0.3) is 11.0 Å². The molecule has 6 heteroatoms. The van der Waals surface area contributed by atoms with Crippen molar-refractivity contribution < 1.29 is 9.37 Å². The van der Waals surface area contributed by atoms with Crippen LogP contribution in [0.5, 0.6) is 0 Å². The van der Waals surface area contributed by atoms with Crippen molar-refractivity contribution in [1.82, 2.24) is 20.1 Å². The molecule has 0 radical (unpaired) electrons. The normalized spacial score (nSPS) is 25.9. The van der Waals surface area contributed by atoms with Gasteiger partial charge in [-0.25, -0.2) is 4.63 Å². The van der Waals surface area contributed by atoms with E-state index in [0.29, 0.717) is 5.41 Å². The van der Waals surface area contributed by atoms with Gasteiger partial charge in [0.2, 0.25) is 0 Å². The maximum absolute atomic E-state index is 5.26. The summed E-state index contributed by atoms with van der Waals surface area (Å²) < 4.78 is 10.1. The number of ether oxygens (including phenoxy) is 1. The lowest BCUT2D eigenvalue weighted by molar-refractivity contribution is 0.0674. The molecule has 2 saturated heterocycles. The van der Waals surface area contributed by atoms with Gasteiger partial charge < -0.3 is 9.64 Å². The Bertz CT molecular complexity index is 688. The minimum atomic E-state index is 0.460. The Morgan fingerprint density at radius 2 is 2.08 bits per heavy atom. The van der Waals surface area contributed by atoms with Crippen LogP contribution >= 0.6 is 0 Å². The molecular formula is C18H26N4O2. The summed E-state index contributed by atoms with van der Waals surface area (Å²) in [6.07, 6.45) is 3.95. The zero-order valence-corrected chi connectivity index (χ0v) is 14.4. The molecular weight excluding hydrogens is 304 g/mol. The number of methoxy groups -OCH3 is 1. The second kappa shape index (κ2) is 6.78. The lowest BCUT2D eigenvalue weighted by Gasteiger charge is -2.40. The number of rotatable bonds is 5. The minimum absolute atomic E-state index is 0.460. The number of benzene rings is 1. The molecule has 1 aromatic carbocycles. The molecule has 0 bridgehead atoms. The average Bonchev–Trinajstić information content (AvgIpc) is 3.21. The van der Waals surface area contributed by atoms with E-state index in [-0.39, 0.29) is 0 Å². The van der Waals surface area contributed by atoms with Gasteiger partial charge in [0.25, 0.3) is 0 Å². The molecule has 2 aliphatic rings. The van der Waals surface area contributed by atoms with Crippen LogP contribution in [0.3, 0.4) is 0 Å². The van der Waals surface area contributed by atoms with Gasteiger partial charge >= 0.3 is 0 Å². The summed E-state index contributed by atoms with van der Waals surface area (Å²) in [5, 5.41) is 8.03. The van der Waals surface area contributed by atoms with Crippen molar-refractivity contribution in [3.63, 3.8) is 0 Å². The fraction of sp³-hybridized carbons (Fsp3) is 0.667. The van der Waals surface area contributed by atoms with Crippen molar-refractivity contribution in [2.45, 2.75) is 25.8 Å². The SMILES string of the molecule is COCCN1CCC[C@@]2(CCN(Cc3cccc4nonc34)C2)C1. The van der Waals surface area contributed by atoms with Crippen LogP contribution in [0.1, 0.15) is 24.8 Å². The first kappa shape index (κ1) is 16.0. The van der Waals surface area contributed by atoms with Gasteiger partial charge in [-0.1, -0.05) is 12.1 Å². The van der Waals surface area contributed by atoms with E-state index >= 15 is 0 Å². The van der Waals surface area contributed by atoms with Crippen molar-refractivity contribution in [2.24, 2.45) is 5.41 Å². The second-order valence-electron chi connectivity index (χ2n) is 7.38. The summed E-state index contributed by atoms with van der Waals surface area (Å²) in [6.45, 7) is 7.60. The highest BCUT2D eigenvalue weighted by molar-refractivity contribution is 5.76. The summed E-state index contributed by atoms with van der Waals surface area (Å²) in [6, 6.07) is 6.14. The molecule has 6 nitrogen and oxygen atoms in total. The number of nitrogens with zero attached hydrogens (tertiary/aromatic N) is 4. The third-order valence-corrected chi connectivity index (χ3v) is 5.63. The second-order valence-corrected chi connectivity index (χ2v) is 7.38. The molecule has 1 aromatic heterocycles. The molecule has 4 rings (SSSR count). The Morgan fingerprint density at radius 3 is 3.00 bits per heavy atom. The minimum Gasteiger partial charge on any atom is -0.383 e. The monoisotopic (exact) mass is 330 g/mol. The summed E-state index contributed by atoms with van der Waals surface area (Å²) in [5.74, 6) is 0. The smallest absolute Gasteiger partial charge is 0.139 e. The Hall–Kier alpha value is -1.50. The van der Waals surface area contributed by atoms with Crippen LogP contribution in [0.4, 0.5) is 0 Å². The van der Waals surface area contributed by atoms with Crippen molar-refractivity contribution in [3.05, 3.63) is 23.8 Å². The van der Waals surface area contributed by atoms with E-state index in [9.17, 15) is 0 Å². The zero-order chi connectivity index (χ0) is 16.4. The van der Waals surface area contributed by atoms with E-state index in [1.54, 1.807) is 7.11 Å². The first-order valence-corrected chi connectivity index (χ1v) is 8.92. The molecule has 0 saturated carbocycles. The third-order valence-electron chi connectivity index (χ3n) is 5.63. The Morgan fingerprint density at radius 1 is 1.17 bits per heavy atom. The quantitative estimate of drug-likeness (QED) is 0.837. The summed E-state index contributed by atoms with van der Waals surface area (Å²) in [7, 11) is 1.79. The van der Waals surface area contributed by atoms with E-state index in [0.717, 1.165) is 30.7 Å². The van der Waals surface area contributed by atoms with Gasteiger partial charge in [-0.3, -0.25) is 4.90 Å².